The number of para-hydroxylation sites is 1. The first-order valence-electron chi connectivity index (χ1n) is 6.95. The van der Waals surface area contributed by atoms with Crippen LogP contribution in [0.1, 0.15) is 9.88 Å². The number of thiophene rings is 1. The lowest BCUT2D eigenvalue weighted by molar-refractivity contribution is 1.19. The predicted molar refractivity (Wildman–Crippen MR) is 100 cm³/mol. The quantitative estimate of drug-likeness (QED) is 0.504. The summed E-state index contributed by atoms with van der Waals surface area (Å²) in [6.07, 6.45) is 1.65. The highest BCUT2D eigenvalue weighted by Gasteiger charge is 2.06. The molecule has 0 saturated carbocycles. The maximum atomic E-state index is 6.15. The fourth-order valence-corrected chi connectivity index (χ4v) is 4.09. The van der Waals surface area contributed by atoms with Crippen LogP contribution in [0.15, 0.2) is 42.6 Å². The minimum atomic E-state index is 0.264. The molecule has 1 aromatic carbocycles. The van der Waals surface area contributed by atoms with E-state index in [4.69, 9.17) is 17.3 Å². The van der Waals surface area contributed by atoms with Crippen LogP contribution in [-0.2, 0) is 0 Å². The zero-order valence-corrected chi connectivity index (χ0v) is 14.5. The minimum Gasteiger partial charge on any atom is -0.368 e. The van der Waals surface area contributed by atoms with E-state index in [0.717, 1.165) is 30.7 Å². The van der Waals surface area contributed by atoms with Gasteiger partial charge >= 0.3 is 0 Å². The molecule has 0 fully saturated rings. The molecule has 2 N–H and O–H groups in total. The maximum Gasteiger partial charge on any atom is 0.220 e. The number of fused-ring (bicyclic) bond motifs is 1. The molecule has 4 nitrogen and oxygen atoms in total. The second-order valence-electron chi connectivity index (χ2n) is 4.82. The highest BCUT2D eigenvalue weighted by Crippen LogP contribution is 2.28. The van der Waals surface area contributed by atoms with E-state index in [2.05, 4.69) is 26.8 Å². The van der Waals surface area contributed by atoms with Crippen molar-refractivity contribution in [2.75, 3.05) is 5.73 Å². The Hall–Kier alpha value is -2.46. The van der Waals surface area contributed by atoms with Gasteiger partial charge in [0.15, 0.2) is 5.01 Å². The normalized spacial score (nSPS) is 10.5. The predicted octanol–water partition coefficient (Wildman–Crippen LogP) is 4.45. The fraction of sp³-hybridized carbons (Fsp3) is 0. The first-order valence-corrected chi connectivity index (χ1v) is 8.96. The van der Waals surface area contributed by atoms with Crippen molar-refractivity contribution < 1.29 is 0 Å². The van der Waals surface area contributed by atoms with E-state index in [1.807, 2.05) is 36.4 Å². The van der Waals surface area contributed by atoms with Crippen molar-refractivity contribution in [3.05, 3.63) is 57.5 Å². The van der Waals surface area contributed by atoms with Crippen LogP contribution in [-0.4, -0.2) is 15.0 Å². The summed E-state index contributed by atoms with van der Waals surface area (Å²) < 4.78 is 1.04. The molecule has 0 unspecified atom stereocenters. The van der Waals surface area contributed by atoms with Crippen LogP contribution >= 0.6 is 34.3 Å². The summed E-state index contributed by atoms with van der Waals surface area (Å²) in [6.45, 7) is 0. The van der Waals surface area contributed by atoms with Crippen LogP contribution in [0.25, 0.3) is 20.8 Å². The molecule has 7 heteroatoms. The highest BCUT2D eigenvalue weighted by molar-refractivity contribution is 7.19. The summed E-state index contributed by atoms with van der Waals surface area (Å²) in [6, 6.07) is 11.5. The third-order valence-electron chi connectivity index (χ3n) is 3.20. The molecule has 4 rings (SSSR count). The van der Waals surface area contributed by atoms with E-state index < -0.39 is 0 Å². The molecular weight excluding hydrogens is 360 g/mol. The number of benzene rings is 1. The zero-order valence-electron chi connectivity index (χ0n) is 12.2. The summed E-state index contributed by atoms with van der Waals surface area (Å²) in [5.74, 6) is 6.51. The van der Waals surface area contributed by atoms with Crippen molar-refractivity contribution in [2.45, 2.75) is 0 Å². The van der Waals surface area contributed by atoms with Crippen molar-refractivity contribution in [3.8, 4) is 22.4 Å². The minimum absolute atomic E-state index is 0.264. The van der Waals surface area contributed by atoms with Gasteiger partial charge in [-0.25, -0.2) is 15.0 Å². The third kappa shape index (κ3) is 2.97. The van der Waals surface area contributed by atoms with Crippen molar-refractivity contribution in [3.63, 3.8) is 0 Å². The van der Waals surface area contributed by atoms with Gasteiger partial charge in [-0.05, 0) is 42.2 Å². The van der Waals surface area contributed by atoms with Gasteiger partial charge in [-0.3, -0.25) is 0 Å². The Balaban J connectivity index is 1.64. The fourth-order valence-electron chi connectivity index (χ4n) is 2.14. The van der Waals surface area contributed by atoms with Gasteiger partial charge in [-0.2, -0.15) is 0 Å². The molecule has 4 aromatic rings. The molecule has 0 radical (unpaired) electrons. The number of nitrogens with zero attached hydrogens (tertiary/aromatic N) is 3. The summed E-state index contributed by atoms with van der Waals surface area (Å²) in [5, 5.41) is 1.40. The van der Waals surface area contributed by atoms with Gasteiger partial charge in [0.1, 0.15) is 5.52 Å². The lowest BCUT2D eigenvalue weighted by Crippen LogP contribution is -1.93. The molecule has 0 saturated heterocycles. The lowest BCUT2D eigenvalue weighted by atomic mass is 10.3. The maximum absolute atomic E-state index is 6.15. The first kappa shape index (κ1) is 15.1. The molecule has 0 spiro atoms. The zero-order chi connectivity index (χ0) is 16.5. The average molecular weight is 369 g/mol. The molecule has 0 amide bonds. The lowest BCUT2D eigenvalue weighted by Gasteiger charge is -1.95. The molecule has 0 aliphatic carbocycles. The molecule has 24 heavy (non-hydrogen) atoms. The Morgan fingerprint density at radius 2 is 1.92 bits per heavy atom. The van der Waals surface area contributed by atoms with Crippen LogP contribution in [0.5, 0.6) is 0 Å². The van der Waals surface area contributed by atoms with Crippen molar-refractivity contribution in [1.82, 2.24) is 15.0 Å². The first-order chi connectivity index (χ1) is 11.7. The molecule has 3 heterocycles. The Labute approximate surface area is 151 Å². The molecule has 0 bridgehead atoms. The molecular formula is C17H9ClN4S2. The standard InChI is InChI=1S/C17H9ClN4S2/c18-11-2-1-3-14-16(11)22-15(24-14)7-5-10-4-6-13(23-10)12-8-9-20-17(19)21-12/h1-4,6,8-9H,(H2,19,20,21). The van der Waals surface area contributed by atoms with Gasteiger partial charge in [0.05, 0.1) is 25.2 Å². The van der Waals surface area contributed by atoms with Crippen molar-refractivity contribution >= 4 is 50.4 Å². The summed E-state index contributed by atoms with van der Waals surface area (Å²) in [7, 11) is 0. The van der Waals surface area contributed by atoms with Crippen molar-refractivity contribution in [2.24, 2.45) is 0 Å². The summed E-state index contributed by atoms with van der Waals surface area (Å²) >= 11 is 9.24. The van der Waals surface area contributed by atoms with Gasteiger partial charge in [-0.1, -0.05) is 17.7 Å². The summed E-state index contributed by atoms with van der Waals surface area (Å²) in [4.78, 5) is 14.5. The van der Waals surface area contributed by atoms with Gasteiger partial charge in [0.2, 0.25) is 5.95 Å². The van der Waals surface area contributed by atoms with E-state index in [1.165, 1.54) is 11.3 Å². The number of aromatic nitrogens is 3. The number of rotatable bonds is 1. The van der Waals surface area contributed by atoms with Gasteiger partial charge in [-0.15, -0.1) is 22.7 Å². The van der Waals surface area contributed by atoms with E-state index in [9.17, 15) is 0 Å². The SMILES string of the molecule is Nc1nccc(-c2ccc(C#Cc3nc4c(Cl)cccc4s3)s2)n1. The highest BCUT2D eigenvalue weighted by atomic mass is 35.5. The van der Waals surface area contributed by atoms with E-state index in [1.54, 1.807) is 17.5 Å². The topological polar surface area (TPSA) is 64.7 Å². The van der Waals surface area contributed by atoms with Crippen molar-refractivity contribution in [1.29, 1.82) is 0 Å². The number of hydrogen-bond acceptors (Lipinski definition) is 6. The molecule has 0 atom stereocenters. The number of thiazole rings is 1. The van der Waals surface area contributed by atoms with Crippen LogP contribution in [0.2, 0.25) is 5.02 Å². The second kappa shape index (κ2) is 6.21. The Morgan fingerprint density at radius 1 is 1.00 bits per heavy atom. The molecule has 0 aliphatic rings. The number of nitrogens with two attached hydrogens (primary N) is 1. The third-order valence-corrected chi connectivity index (χ3v) is 5.46. The monoisotopic (exact) mass is 368 g/mol. The molecule has 0 aliphatic heterocycles. The number of nitrogen functional groups attached to an aromatic ring is 1. The largest absolute Gasteiger partial charge is 0.368 e. The molecule has 116 valence electrons. The van der Waals surface area contributed by atoms with E-state index in [-0.39, 0.29) is 5.95 Å². The number of anilines is 1. The Kier molecular flexibility index (Phi) is 3.90. The van der Waals surface area contributed by atoms with Crippen LogP contribution in [0, 0.1) is 11.8 Å². The second-order valence-corrected chi connectivity index (χ2v) is 7.34. The Morgan fingerprint density at radius 3 is 2.75 bits per heavy atom. The Bertz CT molecular complexity index is 1100. The van der Waals surface area contributed by atoms with Crippen LogP contribution < -0.4 is 5.73 Å². The van der Waals surface area contributed by atoms with Gasteiger partial charge in [0, 0.05) is 6.20 Å². The van der Waals surface area contributed by atoms with Gasteiger partial charge < -0.3 is 5.73 Å². The smallest absolute Gasteiger partial charge is 0.220 e. The van der Waals surface area contributed by atoms with E-state index in [0.29, 0.717) is 5.02 Å². The van der Waals surface area contributed by atoms with Gasteiger partial charge in [0.25, 0.3) is 0 Å². The number of hydrogen-bond donors (Lipinski definition) is 1. The van der Waals surface area contributed by atoms with Crippen LogP contribution in [0.3, 0.4) is 0 Å². The van der Waals surface area contributed by atoms with E-state index >= 15 is 0 Å². The van der Waals surface area contributed by atoms with Crippen LogP contribution in [0.4, 0.5) is 5.95 Å². The average Bonchev–Trinajstić information content (AvgIpc) is 3.20. The number of halogens is 1. The molecule has 3 aromatic heterocycles. The summed E-state index contributed by atoms with van der Waals surface area (Å²) in [5.41, 5.74) is 7.22.